The molecule has 0 radical (unpaired) electrons. The molecule has 5 nitrogen and oxygen atoms in total. The molecule has 0 bridgehead atoms. The van der Waals surface area contributed by atoms with E-state index in [2.05, 4.69) is 0 Å². The summed E-state index contributed by atoms with van der Waals surface area (Å²) in [5, 5.41) is 0. The molecule has 0 aromatic rings. The number of aldehydes is 1. The van der Waals surface area contributed by atoms with Gasteiger partial charge in [-0.2, -0.15) is 0 Å². The van der Waals surface area contributed by atoms with Crippen molar-refractivity contribution >= 4 is 12.4 Å². The van der Waals surface area contributed by atoms with E-state index in [1.165, 1.54) is 4.90 Å². The van der Waals surface area contributed by atoms with Crippen LogP contribution in [0.25, 0.3) is 0 Å². The second-order valence-electron chi connectivity index (χ2n) is 4.83. The Labute approximate surface area is 89.6 Å². The number of nitrogens with two attached hydrogens (primary N) is 1. The summed E-state index contributed by atoms with van der Waals surface area (Å²) in [5.41, 5.74) is 5.14. The normalized spacial score (nSPS) is 26.5. The predicted octanol–water partition coefficient (Wildman–Crippen LogP) is 0.522. The first-order valence-electron chi connectivity index (χ1n) is 5.04. The molecule has 1 rings (SSSR count). The lowest BCUT2D eigenvalue weighted by atomic mass is 10.2. The molecular weight excluding hydrogens is 196 g/mol. The van der Waals surface area contributed by atoms with E-state index in [1.807, 2.05) is 0 Å². The zero-order chi connectivity index (χ0) is 11.6. The smallest absolute Gasteiger partial charge is 0.410 e. The van der Waals surface area contributed by atoms with Crippen LogP contribution in [0.1, 0.15) is 27.2 Å². The minimum Gasteiger partial charge on any atom is -0.444 e. The highest BCUT2D eigenvalue weighted by Gasteiger charge is 2.35. The van der Waals surface area contributed by atoms with Crippen molar-refractivity contribution in [3.05, 3.63) is 0 Å². The molecule has 1 saturated heterocycles. The number of rotatable bonds is 1. The van der Waals surface area contributed by atoms with Crippen molar-refractivity contribution in [3.63, 3.8) is 0 Å². The lowest BCUT2D eigenvalue weighted by Crippen LogP contribution is -2.41. The van der Waals surface area contributed by atoms with Crippen LogP contribution in [0, 0.1) is 0 Å². The van der Waals surface area contributed by atoms with Crippen LogP contribution in [0.5, 0.6) is 0 Å². The number of likely N-dealkylation sites (tertiary alicyclic amines) is 1. The molecule has 2 N–H and O–H groups in total. The standard InChI is InChI=1S/C10H18N2O3/c1-10(2,3)15-9(14)12-5-7(11)4-8(12)6-13/h6-8H,4-5,11H2,1-3H3/t7-,8-/m0/s1. The van der Waals surface area contributed by atoms with E-state index in [-0.39, 0.29) is 6.04 Å². The molecule has 0 aliphatic carbocycles. The summed E-state index contributed by atoms with van der Waals surface area (Å²) >= 11 is 0. The molecule has 1 fully saturated rings. The van der Waals surface area contributed by atoms with Gasteiger partial charge in [-0.05, 0) is 27.2 Å². The van der Waals surface area contributed by atoms with Crippen LogP contribution in [0.3, 0.4) is 0 Å². The molecule has 1 aliphatic heterocycles. The molecule has 2 atom stereocenters. The van der Waals surface area contributed by atoms with Gasteiger partial charge < -0.3 is 15.3 Å². The largest absolute Gasteiger partial charge is 0.444 e. The van der Waals surface area contributed by atoms with Crippen LogP contribution in [0.4, 0.5) is 4.79 Å². The summed E-state index contributed by atoms with van der Waals surface area (Å²) in [6.45, 7) is 5.75. The van der Waals surface area contributed by atoms with E-state index in [0.29, 0.717) is 13.0 Å². The average molecular weight is 214 g/mol. The minimum atomic E-state index is -0.544. The SMILES string of the molecule is CC(C)(C)OC(=O)N1C[C@@H](N)C[C@H]1C=O. The summed E-state index contributed by atoms with van der Waals surface area (Å²) in [7, 11) is 0. The van der Waals surface area contributed by atoms with Gasteiger partial charge in [-0.25, -0.2) is 4.79 Å². The van der Waals surface area contributed by atoms with Crippen LogP contribution in [0.2, 0.25) is 0 Å². The maximum atomic E-state index is 11.7. The van der Waals surface area contributed by atoms with Gasteiger partial charge in [0.1, 0.15) is 11.9 Å². The second kappa shape index (κ2) is 4.18. The molecular formula is C10H18N2O3. The van der Waals surface area contributed by atoms with E-state index in [4.69, 9.17) is 10.5 Å². The van der Waals surface area contributed by atoms with Crippen molar-refractivity contribution < 1.29 is 14.3 Å². The van der Waals surface area contributed by atoms with E-state index < -0.39 is 17.7 Å². The summed E-state index contributed by atoms with van der Waals surface area (Å²) in [5.74, 6) is 0. The summed E-state index contributed by atoms with van der Waals surface area (Å²) in [6.07, 6.45) is 0.798. The van der Waals surface area contributed by atoms with Crippen molar-refractivity contribution in [2.75, 3.05) is 6.54 Å². The molecule has 0 aromatic heterocycles. The maximum absolute atomic E-state index is 11.7. The number of nitrogens with zero attached hydrogens (tertiary/aromatic N) is 1. The summed E-state index contributed by atoms with van der Waals surface area (Å²) < 4.78 is 5.17. The Balaban J connectivity index is 2.63. The number of carbonyl (C=O) groups is 2. The average Bonchev–Trinajstić information content (AvgIpc) is 2.43. The molecule has 0 aromatic carbocycles. The van der Waals surface area contributed by atoms with E-state index in [9.17, 15) is 9.59 Å². The fraction of sp³-hybridized carbons (Fsp3) is 0.800. The Kier molecular flexibility index (Phi) is 3.34. The zero-order valence-corrected chi connectivity index (χ0v) is 9.40. The Morgan fingerprint density at radius 1 is 1.53 bits per heavy atom. The fourth-order valence-electron chi connectivity index (χ4n) is 1.56. The van der Waals surface area contributed by atoms with Gasteiger partial charge in [-0.3, -0.25) is 4.90 Å². The quantitative estimate of drug-likeness (QED) is 0.646. The van der Waals surface area contributed by atoms with Crippen LogP contribution in [-0.4, -0.2) is 41.5 Å². The predicted molar refractivity (Wildman–Crippen MR) is 55.4 cm³/mol. The third kappa shape index (κ3) is 3.20. The topological polar surface area (TPSA) is 72.6 Å². The van der Waals surface area contributed by atoms with Gasteiger partial charge in [-0.1, -0.05) is 0 Å². The van der Waals surface area contributed by atoms with E-state index in [1.54, 1.807) is 20.8 Å². The Morgan fingerprint density at radius 3 is 2.60 bits per heavy atom. The first kappa shape index (κ1) is 12.0. The summed E-state index contributed by atoms with van der Waals surface area (Å²) in [4.78, 5) is 23.8. The van der Waals surface area contributed by atoms with Gasteiger partial charge in [0.15, 0.2) is 0 Å². The molecule has 1 heterocycles. The van der Waals surface area contributed by atoms with Crippen molar-refractivity contribution in [1.82, 2.24) is 4.90 Å². The first-order chi connectivity index (χ1) is 6.83. The molecule has 1 aliphatic rings. The highest BCUT2D eigenvalue weighted by molar-refractivity contribution is 5.74. The van der Waals surface area contributed by atoms with Gasteiger partial charge in [0.2, 0.25) is 0 Å². The van der Waals surface area contributed by atoms with Crippen molar-refractivity contribution in [1.29, 1.82) is 0 Å². The number of hydrogen-bond donors (Lipinski definition) is 1. The Hall–Kier alpha value is -1.10. The zero-order valence-electron chi connectivity index (χ0n) is 9.40. The van der Waals surface area contributed by atoms with Crippen molar-refractivity contribution in [2.45, 2.75) is 44.9 Å². The Bertz CT molecular complexity index is 260. The second-order valence-corrected chi connectivity index (χ2v) is 4.83. The van der Waals surface area contributed by atoms with Gasteiger partial charge in [-0.15, -0.1) is 0 Å². The number of amides is 1. The monoisotopic (exact) mass is 214 g/mol. The van der Waals surface area contributed by atoms with Gasteiger partial charge in [0, 0.05) is 12.6 Å². The van der Waals surface area contributed by atoms with Crippen LogP contribution < -0.4 is 5.73 Å². The molecule has 0 spiro atoms. The molecule has 0 unspecified atom stereocenters. The summed E-state index contributed by atoms with van der Waals surface area (Å²) in [6, 6.07) is -0.567. The molecule has 0 saturated carbocycles. The number of carbonyl (C=O) groups excluding carboxylic acids is 2. The first-order valence-corrected chi connectivity index (χ1v) is 5.04. The van der Waals surface area contributed by atoms with Gasteiger partial charge in [0.05, 0.1) is 6.04 Å². The van der Waals surface area contributed by atoms with Crippen LogP contribution >= 0.6 is 0 Å². The number of hydrogen-bond acceptors (Lipinski definition) is 4. The highest BCUT2D eigenvalue weighted by atomic mass is 16.6. The van der Waals surface area contributed by atoms with E-state index in [0.717, 1.165) is 6.29 Å². The molecule has 1 amide bonds. The lowest BCUT2D eigenvalue weighted by Gasteiger charge is -2.26. The van der Waals surface area contributed by atoms with Gasteiger partial charge in [0.25, 0.3) is 0 Å². The van der Waals surface area contributed by atoms with Crippen LogP contribution in [0.15, 0.2) is 0 Å². The Morgan fingerprint density at radius 2 is 2.13 bits per heavy atom. The third-order valence-corrected chi connectivity index (χ3v) is 2.16. The molecule has 5 heteroatoms. The van der Waals surface area contributed by atoms with Crippen molar-refractivity contribution in [3.8, 4) is 0 Å². The minimum absolute atomic E-state index is 0.132. The maximum Gasteiger partial charge on any atom is 0.410 e. The van der Waals surface area contributed by atoms with Gasteiger partial charge >= 0.3 is 6.09 Å². The lowest BCUT2D eigenvalue weighted by molar-refractivity contribution is -0.111. The fourth-order valence-corrected chi connectivity index (χ4v) is 1.56. The number of ether oxygens (including phenoxy) is 1. The van der Waals surface area contributed by atoms with E-state index >= 15 is 0 Å². The van der Waals surface area contributed by atoms with Crippen molar-refractivity contribution in [2.24, 2.45) is 5.73 Å². The molecule has 86 valence electrons. The van der Waals surface area contributed by atoms with Crippen LogP contribution in [-0.2, 0) is 9.53 Å². The molecule has 15 heavy (non-hydrogen) atoms. The third-order valence-electron chi connectivity index (χ3n) is 2.16. The highest BCUT2D eigenvalue weighted by Crippen LogP contribution is 2.18.